The van der Waals surface area contributed by atoms with Gasteiger partial charge in [0.1, 0.15) is 12.6 Å². The van der Waals surface area contributed by atoms with Crippen LogP contribution in [0.5, 0.6) is 0 Å². The van der Waals surface area contributed by atoms with E-state index in [9.17, 15) is 18.0 Å². The van der Waals surface area contributed by atoms with Gasteiger partial charge in [0, 0.05) is 12.6 Å². The number of sulfonamides is 1. The van der Waals surface area contributed by atoms with Crippen molar-refractivity contribution in [3.05, 3.63) is 95.1 Å². The Morgan fingerprint density at radius 1 is 0.902 bits per heavy atom. The lowest BCUT2D eigenvalue weighted by Crippen LogP contribution is -2.53. The van der Waals surface area contributed by atoms with Gasteiger partial charge in [-0.1, -0.05) is 79.4 Å². The number of hydrogen-bond donors (Lipinski definition) is 1. The molecule has 0 radical (unpaired) electrons. The van der Waals surface area contributed by atoms with Gasteiger partial charge in [0.2, 0.25) is 11.8 Å². The fourth-order valence-corrected chi connectivity index (χ4v) is 6.89. The maximum atomic E-state index is 14.2. The normalized spacial score (nSPS) is 14.7. The maximum absolute atomic E-state index is 14.2. The highest BCUT2D eigenvalue weighted by atomic mass is 32.2. The molecular formula is C33H41N3O4S. The minimum atomic E-state index is -4.08. The minimum Gasteiger partial charge on any atom is -0.352 e. The van der Waals surface area contributed by atoms with Gasteiger partial charge in [0.05, 0.1) is 10.6 Å². The van der Waals surface area contributed by atoms with Crippen LogP contribution in [0.2, 0.25) is 0 Å². The summed E-state index contributed by atoms with van der Waals surface area (Å²) in [5, 5.41) is 3.14. The van der Waals surface area contributed by atoms with Gasteiger partial charge in [-0.25, -0.2) is 8.42 Å². The van der Waals surface area contributed by atoms with Crippen LogP contribution in [0.25, 0.3) is 0 Å². The maximum Gasteiger partial charge on any atom is 0.264 e. The molecule has 1 saturated carbocycles. The molecule has 2 amide bonds. The Morgan fingerprint density at radius 3 is 2.27 bits per heavy atom. The topological polar surface area (TPSA) is 86.8 Å². The Balaban J connectivity index is 1.70. The second-order valence-electron chi connectivity index (χ2n) is 11.1. The summed E-state index contributed by atoms with van der Waals surface area (Å²) in [6.07, 6.45) is 5.19. The van der Waals surface area contributed by atoms with E-state index >= 15 is 0 Å². The van der Waals surface area contributed by atoms with Crippen LogP contribution in [0.15, 0.2) is 77.7 Å². The molecule has 3 aromatic carbocycles. The highest BCUT2D eigenvalue weighted by Gasteiger charge is 2.33. The third-order valence-electron chi connectivity index (χ3n) is 8.01. The monoisotopic (exact) mass is 575 g/mol. The van der Waals surface area contributed by atoms with Crippen molar-refractivity contribution in [1.82, 2.24) is 10.2 Å². The highest BCUT2D eigenvalue weighted by molar-refractivity contribution is 7.92. The van der Waals surface area contributed by atoms with Crippen LogP contribution in [0.1, 0.15) is 61.3 Å². The van der Waals surface area contributed by atoms with Gasteiger partial charge in [0.15, 0.2) is 0 Å². The molecule has 0 saturated heterocycles. The molecule has 0 aliphatic heterocycles. The zero-order chi connectivity index (χ0) is 29.6. The van der Waals surface area contributed by atoms with E-state index in [1.54, 1.807) is 37.3 Å². The number of hydrogen-bond acceptors (Lipinski definition) is 4. The summed E-state index contributed by atoms with van der Waals surface area (Å²) >= 11 is 0. The number of nitrogens with one attached hydrogen (secondary N) is 1. The summed E-state index contributed by atoms with van der Waals surface area (Å²) in [5.41, 5.74) is 4.04. The van der Waals surface area contributed by atoms with E-state index in [1.807, 2.05) is 51.1 Å². The van der Waals surface area contributed by atoms with Crippen molar-refractivity contribution in [2.45, 2.75) is 83.3 Å². The van der Waals surface area contributed by atoms with E-state index in [0.29, 0.717) is 5.69 Å². The Bertz CT molecular complexity index is 1470. The zero-order valence-electron chi connectivity index (χ0n) is 24.5. The van der Waals surface area contributed by atoms with Crippen LogP contribution in [0, 0.1) is 20.8 Å². The molecule has 1 fully saturated rings. The highest BCUT2D eigenvalue weighted by Crippen LogP contribution is 2.29. The first kappa shape index (κ1) is 30.3. The molecule has 218 valence electrons. The van der Waals surface area contributed by atoms with E-state index in [4.69, 9.17) is 0 Å². The summed E-state index contributed by atoms with van der Waals surface area (Å²) in [7, 11) is -4.08. The van der Waals surface area contributed by atoms with Gasteiger partial charge in [-0.3, -0.25) is 13.9 Å². The van der Waals surface area contributed by atoms with Gasteiger partial charge in [-0.2, -0.15) is 0 Å². The number of carbonyl (C=O) groups is 2. The van der Waals surface area contributed by atoms with Gasteiger partial charge in [0.25, 0.3) is 10.0 Å². The van der Waals surface area contributed by atoms with E-state index in [0.717, 1.165) is 47.9 Å². The van der Waals surface area contributed by atoms with E-state index in [2.05, 4.69) is 5.32 Å². The number of aryl methyl sites for hydroxylation is 2. The Hall–Kier alpha value is -3.65. The number of rotatable bonds is 10. The number of anilines is 1. The molecule has 7 nitrogen and oxygen atoms in total. The second kappa shape index (κ2) is 13.3. The number of nitrogens with zero attached hydrogens (tertiary/aromatic N) is 2. The molecule has 1 N–H and O–H groups in total. The van der Waals surface area contributed by atoms with Crippen LogP contribution in [0.4, 0.5) is 5.69 Å². The Morgan fingerprint density at radius 2 is 1.59 bits per heavy atom. The van der Waals surface area contributed by atoms with Crippen LogP contribution in [-0.2, 0) is 26.2 Å². The fraction of sp³-hybridized carbons (Fsp3) is 0.394. The summed E-state index contributed by atoms with van der Waals surface area (Å²) in [5.74, 6) is -0.666. The van der Waals surface area contributed by atoms with Crippen molar-refractivity contribution in [3.8, 4) is 0 Å². The quantitative estimate of drug-likeness (QED) is 0.337. The van der Waals surface area contributed by atoms with Crippen LogP contribution in [-0.4, -0.2) is 43.8 Å². The lowest BCUT2D eigenvalue weighted by molar-refractivity contribution is -0.139. The molecule has 4 rings (SSSR count). The predicted molar refractivity (Wildman–Crippen MR) is 163 cm³/mol. The molecule has 0 heterocycles. The predicted octanol–water partition coefficient (Wildman–Crippen LogP) is 5.67. The third kappa shape index (κ3) is 7.36. The Kier molecular flexibility index (Phi) is 9.86. The number of amides is 2. The first-order chi connectivity index (χ1) is 19.6. The van der Waals surface area contributed by atoms with Crippen LogP contribution in [0.3, 0.4) is 0 Å². The standard InChI is InChI=1S/C33H41N3O4S/c1-24-13-11-15-28(21-24)22-35(27(4)33(38)34-29-16-7-5-8-17-29)32(37)23-36(31-20-12-14-25(2)26(31)3)41(39,40)30-18-9-6-10-19-30/h6,9-15,18-21,27,29H,5,7-8,16-17,22-23H2,1-4H3,(H,34,38)/t27-/m0/s1. The summed E-state index contributed by atoms with van der Waals surface area (Å²) < 4.78 is 29.2. The van der Waals surface area contributed by atoms with Crippen molar-refractivity contribution in [1.29, 1.82) is 0 Å². The summed E-state index contributed by atoms with van der Waals surface area (Å²) in [6.45, 7) is 7.21. The smallest absolute Gasteiger partial charge is 0.264 e. The van der Waals surface area contributed by atoms with Gasteiger partial charge < -0.3 is 10.2 Å². The van der Waals surface area contributed by atoms with E-state index < -0.39 is 28.5 Å². The van der Waals surface area contributed by atoms with E-state index in [1.165, 1.54) is 27.8 Å². The molecule has 0 aromatic heterocycles. The molecule has 0 unspecified atom stereocenters. The van der Waals surface area contributed by atoms with Crippen LogP contribution < -0.4 is 9.62 Å². The van der Waals surface area contributed by atoms with Gasteiger partial charge in [-0.15, -0.1) is 0 Å². The lowest BCUT2D eigenvalue weighted by Gasteiger charge is -2.33. The molecule has 0 spiro atoms. The van der Waals surface area contributed by atoms with Crippen LogP contribution >= 0.6 is 0 Å². The zero-order valence-corrected chi connectivity index (χ0v) is 25.3. The minimum absolute atomic E-state index is 0.0968. The van der Waals surface area contributed by atoms with Gasteiger partial charge >= 0.3 is 0 Å². The van der Waals surface area contributed by atoms with Crippen molar-refractivity contribution < 1.29 is 18.0 Å². The summed E-state index contributed by atoms with van der Waals surface area (Å²) in [6, 6.07) is 20.7. The fourth-order valence-electron chi connectivity index (χ4n) is 5.40. The molecule has 1 aliphatic rings. The first-order valence-corrected chi connectivity index (χ1v) is 15.8. The second-order valence-corrected chi connectivity index (χ2v) is 12.9. The first-order valence-electron chi connectivity index (χ1n) is 14.4. The van der Waals surface area contributed by atoms with Crippen molar-refractivity contribution in [2.75, 3.05) is 10.8 Å². The average Bonchev–Trinajstić information content (AvgIpc) is 2.97. The molecule has 0 bridgehead atoms. The van der Waals surface area contributed by atoms with Crippen molar-refractivity contribution in [3.63, 3.8) is 0 Å². The molecule has 41 heavy (non-hydrogen) atoms. The number of carbonyl (C=O) groups excluding carboxylic acids is 2. The van der Waals surface area contributed by atoms with Gasteiger partial charge in [-0.05, 0) is 75.4 Å². The third-order valence-corrected chi connectivity index (χ3v) is 9.78. The average molecular weight is 576 g/mol. The van der Waals surface area contributed by atoms with E-state index in [-0.39, 0.29) is 23.4 Å². The van der Waals surface area contributed by atoms with Crippen molar-refractivity contribution >= 4 is 27.5 Å². The summed E-state index contributed by atoms with van der Waals surface area (Å²) in [4.78, 5) is 29.2. The molecule has 8 heteroatoms. The lowest BCUT2D eigenvalue weighted by atomic mass is 9.95. The SMILES string of the molecule is Cc1cccc(CN(C(=O)CN(c2cccc(C)c2C)S(=O)(=O)c2ccccc2)[C@@H](C)C(=O)NC2CCCCC2)c1. The Labute approximate surface area is 244 Å². The van der Waals surface area contributed by atoms with Crippen molar-refractivity contribution in [2.24, 2.45) is 0 Å². The molecule has 1 atom stereocenters. The molecule has 1 aliphatic carbocycles. The molecular weight excluding hydrogens is 534 g/mol. The molecule has 3 aromatic rings. The largest absolute Gasteiger partial charge is 0.352 e. The number of benzene rings is 3.